The largest absolute Gasteiger partial charge is 0.376 e. The molecule has 0 saturated heterocycles. The number of nitrogens with one attached hydrogen (secondary N) is 2. The first-order valence-electron chi connectivity index (χ1n) is 6.56. The molecular weight excluding hydrogens is 274 g/mol. The van der Waals surface area contributed by atoms with Crippen molar-refractivity contribution >= 4 is 11.6 Å². The average Bonchev–Trinajstić information content (AvgIpc) is 2.43. The van der Waals surface area contributed by atoms with Crippen molar-refractivity contribution in [2.24, 2.45) is 0 Å². The minimum Gasteiger partial charge on any atom is -0.376 e. The molecule has 110 valence electrons. The summed E-state index contributed by atoms with van der Waals surface area (Å²) in [6, 6.07) is 10.8. The maximum absolute atomic E-state index is 13.0. The smallest absolute Gasteiger partial charge is 0.239 e. The van der Waals surface area contributed by atoms with Crippen molar-refractivity contribution in [3.8, 4) is 0 Å². The van der Waals surface area contributed by atoms with Crippen molar-refractivity contribution in [1.29, 1.82) is 0 Å². The van der Waals surface area contributed by atoms with Gasteiger partial charge in [-0.05, 0) is 30.2 Å². The molecule has 2 aromatic carbocycles. The molecule has 21 heavy (non-hydrogen) atoms. The second-order valence-corrected chi connectivity index (χ2v) is 4.71. The van der Waals surface area contributed by atoms with E-state index in [1.54, 1.807) is 0 Å². The van der Waals surface area contributed by atoms with Gasteiger partial charge in [-0.25, -0.2) is 8.78 Å². The Balaban J connectivity index is 1.84. The number of benzene rings is 2. The van der Waals surface area contributed by atoms with Crippen LogP contribution >= 0.6 is 0 Å². The molecule has 2 aromatic rings. The van der Waals surface area contributed by atoms with Crippen LogP contribution in [0, 0.1) is 18.6 Å². The summed E-state index contributed by atoms with van der Waals surface area (Å²) in [6.45, 7) is 2.34. The molecule has 0 radical (unpaired) electrons. The van der Waals surface area contributed by atoms with Gasteiger partial charge in [0.25, 0.3) is 0 Å². The minimum absolute atomic E-state index is 0.0469. The Kier molecular flexibility index (Phi) is 4.87. The van der Waals surface area contributed by atoms with Gasteiger partial charge in [-0.2, -0.15) is 0 Å². The quantitative estimate of drug-likeness (QED) is 0.889. The predicted molar refractivity (Wildman–Crippen MR) is 77.9 cm³/mol. The summed E-state index contributed by atoms with van der Waals surface area (Å²) in [5.41, 5.74) is 2.36. The van der Waals surface area contributed by atoms with Gasteiger partial charge in [-0.3, -0.25) is 4.79 Å². The molecule has 1 amide bonds. The van der Waals surface area contributed by atoms with E-state index in [4.69, 9.17) is 0 Å². The van der Waals surface area contributed by atoms with E-state index >= 15 is 0 Å². The van der Waals surface area contributed by atoms with Gasteiger partial charge in [-0.1, -0.05) is 24.3 Å². The zero-order valence-electron chi connectivity index (χ0n) is 11.6. The van der Waals surface area contributed by atoms with E-state index in [0.29, 0.717) is 6.54 Å². The lowest BCUT2D eigenvalue weighted by atomic mass is 10.1. The molecule has 5 heteroatoms. The van der Waals surface area contributed by atoms with Gasteiger partial charge in [0.2, 0.25) is 5.91 Å². The van der Waals surface area contributed by atoms with Crippen LogP contribution in [0.15, 0.2) is 42.5 Å². The van der Waals surface area contributed by atoms with E-state index < -0.39 is 11.6 Å². The maximum Gasteiger partial charge on any atom is 0.239 e. The summed E-state index contributed by atoms with van der Waals surface area (Å²) < 4.78 is 26.0. The zero-order valence-corrected chi connectivity index (χ0v) is 11.6. The monoisotopic (exact) mass is 290 g/mol. The van der Waals surface area contributed by atoms with Crippen LogP contribution in [0.1, 0.15) is 11.1 Å². The number of anilines is 1. The van der Waals surface area contributed by atoms with Crippen molar-refractivity contribution in [1.82, 2.24) is 5.32 Å². The average molecular weight is 290 g/mol. The van der Waals surface area contributed by atoms with Crippen LogP contribution in [-0.4, -0.2) is 12.5 Å². The highest BCUT2D eigenvalue weighted by atomic mass is 19.1. The lowest BCUT2D eigenvalue weighted by molar-refractivity contribution is -0.119. The van der Waals surface area contributed by atoms with E-state index in [9.17, 15) is 13.6 Å². The standard InChI is InChI=1S/C16H16F2N2O/c1-11-4-2-3-5-12(11)9-20-16(21)10-19-15-7-13(17)6-14(18)8-15/h2-8,19H,9-10H2,1H3,(H,20,21). The van der Waals surface area contributed by atoms with E-state index in [2.05, 4.69) is 10.6 Å². The number of hydrogen-bond acceptors (Lipinski definition) is 2. The molecule has 0 aliphatic heterocycles. The molecule has 0 aliphatic rings. The molecule has 0 atom stereocenters. The zero-order chi connectivity index (χ0) is 15.2. The van der Waals surface area contributed by atoms with Gasteiger partial charge in [0.15, 0.2) is 0 Å². The number of rotatable bonds is 5. The second kappa shape index (κ2) is 6.83. The Labute approximate surface area is 122 Å². The molecule has 0 fully saturated rings. The highest BCUT2D eigenvalue weighted by Crippen LogP contribution is 2.12. The molecular formula is C16H16F2N2O. The van der Waals surface area contributed by atoms with Gasteiger partial charge in [0.1, 0.15) is 11.6 Å². The SMILES string of the molecule is Cc1ccccc1CNC(=O)CNc1cc(F)cc(F)c1. The van der Waals surface area contributed by atoms with Crippen molar-refractivity contribution in [2.75, 3.05) is 11.9 Å². The summed E-state index contributed by atoms with van der Waals surface area (Å²) >= 11 is 0. The van der Waals surface area contributed by atoms with Crippen molar-refractivity contribution in [3.05, 3.63) is 65.2 Å². The van der Waals surface area contributed by atoms with Gasteiger partial charge in [-0.15, -0.1) is 0 Å². The third kappa shape index (κ3) is 4.56. The van der Waals surface area contributed by atoms with Crippen LogP contribution in [0.25, 0.3) is 0 Å². The fraction of sp³-hybridized carbons (Fsp3) is 0.188. The molecule has 0 saturated carbocycles. The summed E-state index contributed by atoms with van der Waals surface area (Å²) in [6.07, 6.45) is 0. The highest BCUT2D eigenvalue weighted by Gasteiger charge is 2.04. The van der Waals surface area contributed by atoms with Crippen LogP contribution in [0.3, 0.4) is 0 Å². The van der Waals surface area contributed by atoms with Crippen molar-refractivity contribution in [2.45, 2.75) is 13.5 Å². The predicted octanol–water partition coefficient (Wildman–Crippen LogP) is 3.00. The van der Waals surface area contributed by atoms with Gasteiger partial charge in [0.05, 0.1) is 6.54 Å². The third-order valence-corrected chi connectivity index (χ3v) is 3.05. The molecule has 0 spiro atoms. The number of halogens is 2. The van der Waals surface area contributed by atoms with E-state index in [-0.39, 0.29) is 18.1 Å². The maximum atomic E-state index is 13.0. The van der Waals surface area contributed by atoms with Crippen molar-refractivity contribution < 1.29 is 13.6 Å². The second-order valence-electron chi connectivity index (χ2n) is 4.71. The molecule has 0 heterocycles. The lowest BCUT2D eigenvalue weighted by Crippen LogP contribution is -2.29. The molecule has 0 aliphatic carbocycles. The number of carbonyl (C=O) groups excluding carboxylic acids is 1. The van der Waals surface area contributed by atoms with Gasteiger partial charge < -0.3 is 10.6 Å². The Morgan fingerprint density at radius 1 is 1.10 bits per heavy atom. The number of hydrogen-bond donors (Lipinski definition) is 2. The minimum atomic E-state index is -0.683. The molecule has 0 aromatic heterocycles. The van der Waals surface area contributed by atoms with Crippen LogP contribution in [-0.2, 0) is 11.3 Å². The summed E-state index contributed by atoms with van der Waals surface area (Å²) in [5.74, 6) is -1.61. The fourth-order valence-electron chi connectivity index (χ4n) is 1.90. The van der Waals surface area contributed by atoms with Crippen molar-refractivity contribution in [3.63, 3.8) is 0 Å². The Bertz CT molecular complexity index is 624. The first-order chi connectivity index (χ1) is 10.0. The normalized spacial score (nSPS) is 10.2. The first kappa shape index (κ1) is 15.0. The van der Waals surface area contributed by atoms with E-state index in [0.717, 1.165) is 29.3 Å². The fourth-order valence-corrected chi connectivity index (χ4v) is 1.90. The number of carbonyl (C=O) groups is 1. The Morgan fingerprint density at radius 3 is 2.43 bits per heavy atom. The summed E-state index contributed by atoms with van der Waals surface area (Å²) in [4.78, 5) is 11.7. The van der Waals surface area contributed by atoms with Crippen LogP contribution in [0.4, 0.5) is 14.5 Å². The Morgan fingerprint density at radius 2 is 1.76 bits per heavy atom. The highest BCUT2D eigenvalue weighted by molar-refractivity contribution is 5.80. The summed E-state index contributed by atoms with van der Waals surface area (Å²) in [5, 5.41) is 5.44. The van der Waals surface area contributed by atoms with E-state index in [1.807, 2.05) is 31.2 Å². The number of aryl methyl sites for hydroxylation is 1. The molecule has 2 rings (SSSR count). The molecule has 3 nitrogen and oxygen atoms in total. The summed E-state index contributed by atoms with van der Waals surface area (Å²) in [7, 11) is 0. The number of amides is 1. The Hall–Kier alpha value is -2.43. The topological polar surface area (TPSA) is 41.1 Å². The van der Waals surface area contributed by atoms with Crippen LogP contribution < -0.4 is 10.6 Å². The van der Waals surface area contributed by atoms with Gasteiger partial charge in [0, 0.05) is 18.3 Å². The first-order valence-corrected chi connectivity index (χ1v) is 6.56. The lowest BCUT2D eigenvalue weighted by Gasteiger charge is -2.09. The van der Waals surface area contributed by atoms with Crippen LogP contribution in [0.2, 0.25) is 0 Å². The van der Waals surface area contributed by atoms with Crippen LogP contribution in [0.5, 0.6) is 0 Å². The molecule has 0 bridgehead atoms. The molecule has 0 unspecified atom stereocenters. The van der Waals surface area contributed by atoms with E-state index in [1.165, 1.54) is 0 Å². The van der Waals surface area contributed by atoms with Gasteiger partial charge >= 0.3 is 0 Å². The third-order valence-electron chi connectivity index (χ3n) is 3.05. The molecule has 2 N–H and O–H groups in total.